The first kappa shape index (κ1) is 14.2. The second-order valence-corrected chi connectivity index (χ2v) is 5.21. The molecule has 19 heavy (non-hydrogen) atoms. The number of nitrogens with zero attached hydrogens (tertiary/aromatic N) is 3. The maximum Gasteiger partial charge on any atom is 0.156 e. The summed E-state index contributed by atoms with van der Waals surface area (Å²) in [6.45, 7) is 4.23. The van der Waals surface area contributed by atoms with Crippen LogP contribution in [-0.4, -0.2) is 43.1 Å². The van der Waals surface area contributed by atoms with Gasteiger partial charge in [0.25, 0.3) is 0 Å². The van der Waals surface area contributed by atoms with Crippen LogP contribution in [0, 0.1) is 12.8 Å². The highest BCUT2D eigenvalue weighted by Gasteiger charge is 2.20. The molecule has 1 aliphatic rings. The highest BCUT2D eigenvalue weighted by Crippen LogP contribution is 2.24. The van der Waals surface area contributed by atoms with Crippen LogP contribution in [0.15, 0.2) is 0 Å². The number of halogens is 1. The Labute approximate surface area is 117 Å². The largest absolute Gasteiger partial charge is 0.381 e. The Bertz CT molecular complexity index is 461. The fraction of sp³-hybridized carbons (Fsp3) is 0.615. The number of rotatable bonds is 4. The Morgan fingerprint density at radius 3 is 2.74 bits per heavy atom. The van der Waals surface area contributed by atoms with Gasteiger partial charge in [0.1, 0.15) is 16.8 Å². The lowest BCUT2D eigenvalue weighted by atomic mass is 10.00. The minimum absolute atomic E-state index is 0.219. The standard InChI is InChI=1S/C13H18ClN3O2/c1-9-15-12(14)11(8-18)13(16-9)17(2)7-10-3-5-19-6-4-10/h8,10H,3-7H2,1-2H3. The van der Waals surface area contributed by atoms with E-state index in [0.29, 0.717) is 23.1 Å². The minimum Gasteiger partial charge on any atom is -0.381 e. The van der Waals surface area contributed by atoms with E-state index in [2.05, 4.69) is 9.97 Å². The summed E-state index contributed by atoms with van der Waals surface area (Å²) >= 11 is 5.99. The van der Waals surface area contributed by atoms with Crippen molar-refractivity contribution < 1.29 is 9.53 Å². The first-order valence-electron chi connectivity index (χ1n) is 6.40. The molecule has 0 spiro atoms. The number of carbonyl (C=O) groups is 1. The molecule has 0 radical (unpaired) electrons. The van der Waals surface area contributed by atoms with Gasteiger partial charge in [-0.3, -0.25) is 4.79 Å². The minimum atomic E-state index is 0.219. The van der Waals surface area contributed by atoms with Crippen LogP contribution in [0.5, 0.6) is 0 Å². The number of aldehydes is 1. The first-order chi connectivity index (χ1) is 9.11. The molecule has 1 aromatic rings. The van der Waals surface area contributed by atoms with Gasteiger partial charge in [0.05, 0.1) is 5.56 Å². The zero-order valence-corrected chi connectivity index (χ0v) is 12.0. The molecule has 6 heteroatoms. The highest BCUT2D eigenvalue weighted by atomic mass is 35.5. The number of aryl methyl sites for hydroxylation is 1. The maximum atomic E-state index is 11.1. The number of aromatic nitrogens is 2. The normalized spacial score (nSPS) is 16.4. The SMILES string of the molecule is Cc1nc(Cl)c(C=O)c(N(C)CC2CCOCC2)n1. The Kier molecular flexibility index (Phi) is 4.71. The molecule has 2 rings (SSSR count). The quantitative estimate of drug-likeness (QED) is 0.626. The van der Waals surface area contributed by atoms with Crippen molar-refractivity contribution in [1.29, 1.82) is 0 Å². The molecule has 1 saturated heterocycles. The fourth-order valence-electron chi connectivity index (χ4n) is 2.33. The van der Waals surface area contributed by atoms with E-state index >= 15 is 0 Å². The van der Waals surface area contributed by atoms with E-state index in [1.165, 1.54) is 0 Å². The summed E-state index contributed by atoms with van der Waals surface area (Å²) in [7, 11) is 1.93. The zero-order valence-electron chi connectivity index (χ0n) is 11.2. The first-order valence-corrected chi connectivity index (χ1v) is 6.77. The molecule has 0 atom stereocenters. The number of hydrogen-bond donors (Lipinski definition) is 0. The summed E-state index contributed by atoms with van der Waals surface area (Å²) < 4.78 is 5.35. The molecule has 0 aromatic carbocycles. The van der Waals surface area contributed by atoms with Gasteiger partial charge < -0.3 is 9.64 Å². The maximum absolute atomic E-state index is 11.1. The predicted octanol–water partition coefficient (Wildman–Crippen LogP) is 2.11. The number of anilines is 1. The molecule has 1 fully saturated rings. The summed E-state index contributed by atoms with van der Waals surface area (Å²) in [6.07, 6.45) is 2.80. The average molecular weight is 284 g/mol. The van der Waals surface area contributed by atoms with Crippen molar-refractivity contribution in [2.45, 2.75) is 19.8 Å². The molecule has 104 valence electrons. The predicted molar refractivity (Wildman–Crippen MR) is 74.0 cm³/mol. The third-order valence-corrected chi connectivity index (χ3v) is 3.63. The van der Waals surface area contributed by atoms with Gasteiger partial charge in [-0.15, -0.1) is 0 Å². The average Bonchev–Trinajstić information content (AvgIpc) is 2.39. The summed E-state index contributed by atoms with van der Waals surface area (Å²) in [5.41, 5.74) is 0.363. The van der Waals surface area contributed by atoms with E-state index in [1.54, 1.807) is 6.92 Å². The molecule has 0 saturated carbocycles. The highest BCUT2D eigenvalue weighted by molar-refractivity contribution is 6.32. The summed E-state index contributed by atoms with van der Waals surface area (Å²) in [6, 6.07) is 0. The van der Waals surface area contributed by atoms with E-state index in [0.717, 1.165) is 38.9 Å². The molecule has 0 amide bonds. The fourth-order valence-corrected chi connectivity index (χ4v) is 2.58. The van der Waals surface area contributed by atoms with Crippen LogP contribution in [0.4, 0.5) is 5.82 Å². The zero-order chi connectivity index (χ0) is 13.8. The lowest BCUT2D eigenvalue weighted by molar-refractivity contribution is 0.0684. The van der Waals surface area contributed by atoms with Crippen molar-refractivity contribution >= 4 is 23.7 Å². The Morgan fingerprint density at radius 2 is 2.11 bits per heavy atom. The van der Waals surface area contributed by atoms with E-state index in [9.17, 15) is 4.79 Å². The lowest BCUT2D eigenvalue weighted by Crippen LogP contribution is -2.31. The topological polar surface area (TPSA) is 55.3 Å². The van der Waals surface area contributed by atoms with Gasteiger partial charge in [-0.05, 0) is 25.7 Å². The summed E-state index contributed by atoms with van der Waals surface area (Å²) in [5, 5.41) is 0.219. The van der Waals surface area contributed by atoms with E-state index in [4.69, 9.17) is 16.3 Å². The number of ether oxygens (including phenoxy) is 1. The van der Waals surface area contributed by atoms with Crippen molar-refractivity contribution in [1.82, 2.24) is 9.97 Å². The molecule has 0 aliphatic carbocycles. The van der Waals surface area contributed by atoms with Gasteiger partial charge in [0.2, 0.25) is 0 Å². The number of carbonyl (C=O) groups excluding carboxylic acids is 1. The Balaban J connectivity index is 2.17. The molecule has 5 nitrogen and oxygen atoms in total. The Hall–Kier alpha value is -1.20. The molecular formula is C13H18ClN3O2. The van der Waals surface area contributed by atoms with E-state index in [-0.39, 0.29) is 5.15 Å². The van der Waals surface area contributed by atoms with Crippen molar-refractivity contribution in [3.8, 4) is 0 Å². The summed E-state index contributed by atoms with van der Waals surface area (Å²) in [4.78, 5) is 21.5. The second-order valence-electron chi connectivity index (χ2n) is 4.85. The van der Waals surface area contributed by atoms with Crippen LogP contribution in [-0.2, 0) is 4.74 Å². The van der Waals surface area contributed by atoms with Gasteiger partial charge in [0, 0.05) is 26.8 Å². The van der Waals surface area contributed by atoms with Crippen LogP contribution < -0.4 is 4.90 Å². The third kappa shape index (κ3) is 3.42. The van der Waals surface area contributed by atoms with Crippen LogP contribution >= 0.6 is 11.6 Å². The van der Waals surface area contributed by atoms with Gasteiger partial charge in [-0.2, -0.15) is 0 Å². The molecule has 2 heterocycles. The monoisotopic (exact) mass is 283 g/mol. The molecule has 1 aliphatic heterocycles. The van der Waals surface area contributed by atoms with Gasteiger partial charge in [0.15, 0.2) is 6.29 Å². The van der Waals surface area contributed by atoms with Gasteiger partial charge >= 0.3 is 0 Å². The molecule has 0 unspecified atom stereocenters. The summed E-state index contributed by atoms with van der Waals surface area (Å²) in [5.74, 6) is 1.75. The van der Waals surface area contributed by atoms with Gasteiger partial charge in [-0.1, -0.05) is 11.6 Å². The Morgan fingerprint density at radius 1 is 1.42 bits per heavy atom. The number of hydrogen-bond acceptors (Lipinski definition) is 5. The second kappa shape index (κ2) is 6.30. The van der Waals surface area contributed by atoms with E-state index in [1.807, 2.05) is 11.9 Å². The molecular weight excluding hydrogens is 266 g/mol. The van der Waals surface area contributed by atoms with Crippen LogP contribution in [0.2, 0.25) is 5.15 Å². The smallest absolute Gasteiger partial charge is 0.156 e. The van der Waals surface area contributed by atoms with Crippen LogP contribution in [0.1, 0.15) is 29.0 Å². The van der Waals surface area contributed by atoms with E-state index < -0.39 is 0 Å². The molecule has 0 bridgehead atoms. The van der Waals surface area contributed by atoms with Crippen LogP contribution in [0.25, 0.3) is 0 Å². The van der Waals surface area contributed by atoms with Gasteiger partial charge in [-0.25, -0.2) is 9.97 Å². The van der Waals surface area contributed by atoms with Crippen molar-refractivity contribution in [2.75, 3.05) is 31.7 Å². The lowest BCUT2D eigenvalue weighted by Gasteiger charge is -2.28. The van der Waals surface area contributed by atoms with Crippen molar-refractivity contribution in [3.63, 3.8) is 0 Å². The van der Waals surface area contributed by atoms with Crippen molar-refractivity contribution in [2.24, 2.45) is 5.92 Å². The third-order valence-electron chi connectivity index (χ3n) is 3.34. The van der Waals surface area contributed by atoms with Crippen molar-refractivity contribution in [3.05, 3.63) is 16.5 Å². The molecule has 0 N–H and O–H groups in total. The van der Waals surface area contributed by atoms with Crippen LogP contribution in [0.3, 0.4) is 0 Å². The molecule has 1 aromatic heterocycles.